The van der Waals surface area contributed by atoms with Crippen molar-refractivity contribution in [1.82, 2.24) is 4.98 Å². The first kappa shape index (κ1) is 11.3. The SMILES string of the molecule is Cl.[2H]c1c([2H])c(N(C)c2ccc(NC(C)=O)c(N)n2)c([2H])c([2H])c1F. The molecule has 1 aromatic heterocycles. The van der Waals surface area contributed by atoms with Crippen molar-refractivity contribution in [3.05, 3.63) is 42.1 Å². The second-order valence-corrected chi connectivity index (χ2v) is 4.01. The first-order valence-corrected chi connectivity index (χ1v) is 5.68. The third-order valence-electron chi connectivity index (χ3n) is 2.48. The zero-order valence-electron chi connectivity index (χ0n) is 15.3. The van der Waals surface area contributed by atoms with Gasteiger partial charge in [-0.2, -0.15) is 0 Å². The number of amides is 1. The second-order valence-electron chi connectivity index (χ2n) is 4.01. The van der Waals surface area contributed by atoms with Gasteiger partial charge in [0.2, 0.25) is 5.91 Å². The lowest BCUT2D eigenvalue weighted by Crippen LogP contribution is -2.14. The topological polar surface area (TPSA) is 71.2 Å². The minimum absolute atomic E-state index is 0. The van der Waals surface area contributed by atoms with Crippen LogP contribution in [0.25, 0.3) is 0 Å². The van der Waals surface area contributed by atoms with Gasteiger partial charge in [0.05, 0.1) is 11.2 Å². The van der Waals surface area contributed by atoms with Gasteiger partial charge < -0.3 is 16.0 Å². The molecule has 0 fully saturated rings. The van der Waals surface area contributed by atoms with E-state index in [4.69, 9.17) is 11.2 Å². The Labute approximate surface area is 134 Å². The van der Waals surface area contributed by atoms with Crippen LogP contribution in [0.1, 0.15) is 12.4 Å². The number of nitrogens with zero attached hydrogens (tertiary/aromatic N) is 2. The molecular formula is C14H16ClFN4O. The molecule has 0 atom stereocenters. The van der Waals surface area contributed by atoms with E-state index in [2.05, 4.69) is 10.3 Å². The number of nitrogens with one attached hydrogen (secondary N) is 1. The molecule has 1 aromatic carbocycles. The molecule has 1 heterocycles. The first-order valence-electron chi connectivity index (χ1n) is 7.68. The number of halogens is 2. The van der Waals surface area contributed by atoms with Crippen molar-refractivity contribution >= 4 is 41.3 Å². The van der Waals surface area contributed by atoms with E-state index < -0.39 is 30.0 Å². The number of hydrogen-bond acceptors (Lipinski definition) is 4. The van der Waals surface area contributed by atoms with E-state index in [-0.39, 0.29) is 35.6 Å². The van der Waals surface area contributed by atoms with E-state index in [0.29, 0.717) is 5.69 Å². The Hall–Kier alpha value is -2.34. The van der Waals surface area contributed by atoms with Gasteiger partial charge in [-0.1, -0.05) is 0 Å². The number of pyridine rings is 1. The van der Waals surface area contributed by atoms with Crippen molar-refractivity contribution in [3.8, 4) is 0 Å². The van der Waals surface area contributed by atoms with Gasteiger partial charge in [-0.05, 0) is 36.3 Å². The highest BCUT2D eigenvalue weighted by Crippen LogP contribution is 2.25. The van der Waals surface area contributed by atoms with E-state index in [1.807, 2.05) is 0 Å². The highest BCUT2D eigenvalue weighted by molar-refractivity contribution is 5.91. The zero-order chi connectivity index (χ0) is 18.2. The fourth-order valence-electron chi connectivity index (χ4n) is 1.52. The third kappa shape index (κ3) is 4.06. The quantitative estimate of drug-likeness (QED) is 0.913. The monoisotopic (exact) mass is 314 g/mol. The molecule has 0 aliphatic heterocycles. The largest absolute Gasteiger partial charge is 0.382 e. The molecule has 0 aliphatic carbocycles. The number of rotatable bonds is 3. The van der Waals surface area contributed by atoms with E-state index in [1.165, 1.54) is 31.0 Å². The molecule has 3 N–H and O–H groups in total. The van der Waals surface area contributed by atoms with Crippen molar-refractivity contribution < 1.29 is 14.7 Å². The second kappa shape index (κ2) is 6.90. The molecule has 0 saturated heterocycles. The highest BCUT2D eigenvalue weighted by atomic mass is 35.5. The van der Waals surface area contributed by atoms with Gasteiger partial charge in [0, 0.05) is 19.7 Å². The van der Waals surface area contributed by atoms with Crippen molar-refractivity contribution in [3.63, 3.8) is 0 Å². The molecular weight excluding hydrogens is 295 g/mol. The summed E-state index contributed by atoms with van der Waals surface area (Å²) in [7, 11) is 1.46. The molecule has 0 aliphatic rings. The number of hydrogen-bond donors (Lipinski definition) is 2. The molecule has 0 bridgehead atoms. The zero-order valence-corrected chi connectivity index (χ0v) is 12.1. The van der Waals surface area contributed by atoms with Crippen LogP contribution in [-0.4, -0.2) is 17.9 Å². The van der Waals surface area contributed by atoms with E-state index in [1.54, 1.807) is 0 Å². The summed E-state index contributed by atoms with van der Waals surface area (Å²) in [6, 6.07) is 0.401. The summed E-state index contributed by atoms with van der Waals surface area (Å²) >= 11 is 0. The van der Waals surface area contributed by atoms with E-state index in [0.717, 1.165) is 0 Å². The summed E-state index contributed by atoms with van der Waals surface area (Å²) in [5.74, 6) is -1.29. The van der Waals surface area contributed by atoms with Crippen LogP contribution in [0, 0.1) is 5.82 Å². The third-order valence-corrected chi connectivity index (χ3v) is 2.48. The predicted octanol–water partition coefficient (Wildman–Crippen LogP) is 2.95. The van der Waals surface area contributed by atoms with Crippen LogP contribution < -0.4 is 16.0 Å². The van der Waals surface area contributed by atoms with Gasteiger partial charge in [0.25, 0.3) is 0 Å². The van der Waals surface area contributed by atoms with Crippen LogP contribution in [0.4, 0.5) is 27.4 Å². The molecule has 5 nitrogen and oxygen atoms in total. The molecule has 0 spiro atoms. The van der Waals surface area contributed by atoms with E-state index >= 15 is 0 Å². The standard InChI is InChI=1S/C14H15FN4O.ClH/c1-9(20)17-12-7-8-13(18-14(12)16)19(2)11-5-3-10(15)4-6-11;/h3-8H,1-2H3,(H2,16,18)(H,17,20);1H/i3D,4D,5D,6D;. The first-order chi connectivity index (χ1) is 11.1. The van der Waals surface area contributed by atoms with Crippen molar-refractivity contribution in [1.29, 1.82) is 0 Å². The lowest BCUT2D eigenvalue weighted by atomic mass is 10.2. The van der Waals surface area contributed by atoms with Crippen LogP contribution in [0.5, 0.6) is 0 Å². The normalized spacial score (nSPS) is 12.3. The van der Waals surface area contributed by atoms with Gasteiger partial charge >= 0.3 is 0 Å². The fraction of sp³-hybridized carbons (Fsp3) is 0.143. The number of aromatic nitrogens is 1. The van der Waals surface area contributed by atoms with Crippen LogP contribution in [-0.2, 0) is 4.79 Å². The average molecular weight is 315 g/mol. The Morgan fingerprint density at radius 2 is 2.00 bits per heavy atom. The Bertz CT molecular complexity index is 808. The number of nitrogen functional groups attached to an aromatic ring is 1. The summed E-state index contributed by atoms with van der Waals surface area (Å²) in [6.07, 6.45) is 0. The Morgan fingerprint density at radius 3 is 2.52 bits per heavy atom. The van der Waals surface area contributed by atoms with Crippen LogP contribution in [0.15, 0.2) is 36.3 Å². The predicted molar refractivity (Wildman–Crippen MR) is 84.7 cm³/mol. The number of carbonyl (C=O) groups excluding carboxylic acids is 1. The molecule has 1 amide bonds. The maximum absolute atomic E-state index is 13.6. The van der Waals surface area contributed by atoms with Crippen molar-refractivity contribution in [2.45, 2.75) is 6.92 Å². The van der Waals surface area contributed by atoms with Crippen LogP contribution >= 0.6 is 12.4 Å². The van der Waals surface area contributed by atoms with Gasteiger partial charge in [0.15, 0.2) is 0 Å². The highest BCUT2D eigenvalue weighted by Gasteiger charge is 2.09. The lowest BCUT2D eigenvalue weighted by molar-refractivity contribution is -0.114. The number of benzene rings is 1. The Balaban J connectivity index is 0.00000312. The molecule has 21 heavy (non-hydrogen) atoms. The number of nitrogens with two attached hydrogens (primary N) is 1. The fourth-order valence-corrected chi connectivity index (χ4v) is 1.52. The molecule has 7 heteroatoms. The number of anilines is 4. The maximum atomic E-state index is 13.6. The minimum atomic E-state index is -1.21. The van der Waals surface area contributed by atoms with E-state index in [9.17, 15) is 9.18 Å². The summed E-state index contributed by atoms with van der Waals surface area (Å²) in [6.45, 7) is 1.32. The minimum Gasteiger partial charge on any atom is -0.382 e. The van der Waals surface area contributed by atoms with Crippen LogP contribution in [0.3, 0.4) is 0 Å². The Kier molecular flexibility index (Phi) is 3.72. The summed E-state index contributed by atoms with van der Waals surface area (Å²) < 4.78 is 44.4. The van der Waals surface area contributed by atoms with Crippen molar-refractivity contribution in [2.24, 2.45) is 0 Å². The van der Waals surface area contributed by atoms with Gasteiger partial charge in [-0.15, -0.1) is 12.4 Å². The Morgan fingerprint density at radius 1 is 1.38 bits per heavy atom. The molecule has 0 saturated carbocycles. The molecule has 0 unspecified atom stereocenters. The smallest absolute Gasteiger partial charge is 0.221 e. The average Bonchev–Trinajstić information content (AvgIpc) is 2.52. The van der Waals surface area contributed by atoms with Crippen LogP contribution in [0.2, 0.25) is 0 Å². The molecule has 2 rings (SSSR count). The molecule has 0 radical (unpaired) electrons. The number of carbonyl (C=O) groups is 1. The summed E-state index contributed by atoms with van der Waals surface area (Å²) in [5.41, 5.74) is 5.94. The molecule has 112 valence electrons. The summed E-state index contributed by atoms with van der Waals surface area (Å²) in [5, 5.41) is 2.50. The molecule has 2 aromatic rings. The van der Waals surface area contributed by atoms with Gasteiger partial charge in [0.1, 0.15) is 17.5 Å². The summed E-state index contributed by atoms with van der Waals surface area (Å²) in [4.78, 5) is 16.4. The van der Waals surface area contributed by atoms with Crippen molar-refractivity contribution in [2.75, 3.05) is 23.0 Å². The lowest BCUT2D eigenvalue weighted by Gasteiger charge is -2.19. The van der Waals surface area contributed by atoms with Gasteiger partial charge in [-0.25, -0.2) is 9.37 Å². The van der Waals surface area contributed by atoms with Gasteiger partial charge in [-0.3, -0.25) is 4.79 Å². The maximum Gasteiger partial charge on any atom is 0.221 e.